The van der Waals surface area contributed by atoms with Gasteiger partial charge >= 0.3 is 5.69 Å². The number of imidazole rings is 1. The third-order valence-electron chi connectivity index (χ3n) is 4.78. The van der Waals surface area contributed by atoms with Crippen LogP contribution in [0, 0.1) is 10.1 Å². The number of aromatic nitrogens is 4. The van der Waals surface area contributed by atoms with Crippen LogP contribution in [0.4, 0.5) is 17.3 Å². The molecule has 0 atom stereocenters. The molecule has 0 aliphatic heterocycles. The van der Waals surface area contributed by atoms with E-state index in [1.807, 2.05) is 41.1 Å². The second-order valence-electron chi connectivity index (χ2n) is 6.86. The monoisotopic (exact) mass is 432 g/mol. The first-order chi connectivity index (χ1) is 15.6. The van der Waals surface area contributed by atoms with Crippen LogP contribution in [-0.4, -0.2) is 36.9 Å². The van der Waals surface area contributed by atoms with Gasteiger partial charge in [0.1, 0.15) is 6.33 Å². The molecule has 11 nitrogen and oxygen atoms in total. The summed E-state index contributed by atoms with van der Waals surface area (Å²) in [5, 5.41) is 16.3. The van der Waals surface area contributed by atoms with Crippen LogP contribution in [0.2, 0.25) is 0 Å². The minimum Gasteiger partial charge on any atom is -0.364 e. The van der Waals surface area contributed by atoms with E-state index in [0.717, 1.165) is 10.8 Å². The molecule has 0 aliphatic carbocycles. The van der Waals surface area contributed by atoms with Crippen molar-refractivity contribution in [1.82, 2.24) is 24.9 Å². The Morgan fingerprint density at radius 2 is 1.91 bits per heavy atom. The van der Waals surface area contributed by atoms with Crippen molar-refractivity contribution in [2.45, 2.75) is 13.0 Å². The zero-order chi connectivity index (χ0) is 22.3. The Morgan fingerprint density at radius 3 is 2.72 bits per heavy atom. The Kier molecular flexibility index (Phi) is 6.16. The minimum absolute atomic E-state index is 0.0672. The van der Waals surface area contributed by atoms with E-state index in [-0.39, 0.29) is 17.3 Å². The van der Waals surface area contributed by atoms with Gasteiger partial charge in [0.25, 0.3) is 5.91 Å². The molecule has 1 amide bonds. The van der Waals surface area contributed by atoms with Crippen LogP contribution in [0.15, 0.2) is 67.5 Å². The standard InChI is InChI=1S/C21H20N8O3/c30-21(17-8-3-6-15-5-1-2-7-16(15)17)27-26-20-18(29(31)32)19(24-13-25-20)23-9-4-11-28-12-10-22-14-28/h1-3,5-8,10,12-14H,4,9,11H2,(H,27,30)(H2,23,24,25,26). The smallest absolute Gasteiger partial charge is 0.354 e. The molecular formula is C21H20N8O3. The first-order valence-corrected chi connectivity index (χ1v) is 9.86. The fourth-order valence-electron chi connectivity index (χ4n) is 3.27. The molecule has 0 aliphatic rings. The number of hydrogen-bond donors (Lipinski definition) is 3. The zero-order valence-corrected chi connectivity index (χ0v) is 16.9. The Hall–Kier alpha value is -4.54. The van der Waals surface area contributed by atoms with E-state index in [9.17, 15) is 14.9 Å². The molecule has 3 N–H and O–H groups in total. The molecule has 0 fully saturated rings. The Bertz CT molecular complexity index is 1240. The summed E-state index contributed by atoms with van der Waals surface area (Å²) in [5.74, 6) is -0.488. The number of anilines is 2. The van der Waals surface area contributed by atoms with Gasteiger partial charge in [-0.3, -0.25) is 25.8 Å². The lowest BCUT2D eigenvalue weighted by Crippen LogP contribution is -2.30. The van der Waals surface area contributed by atoms with Gasteiger partial charge in [0, 0.05) is 31.0 Å². The summed E-state index contributed by atoms with van der Waals surface area (Å²) in [6.45, 7) is 1.16. The number of rotatable bonds is 9. The SMILES string of the molecule is O=C(NNc1ncnc(NCCCn2ccnc2)c1[N+](=O)[O-])c1cccc2ccccc12. The van der Waals surface area contributed by atoms with Gasteiger partial charge in [-0.15, -0.1) is 0 Å². The highest BCUT2D eigenvalue weighted by Gasteiger charge is 2.23. The number of amides is 1. The Balaban J connectivity index is 1.45. The normalized spacial score (nSPS) is 10.6. The van der Waals surface area contributed by atoms with Crippen molar-refractivity contribution < 1.29 is 9.72 Å². The van der Waals surface area contributed by atoms with Gasteiger partial charge in [0.2, 0.25) is 11.6 Å². The van der Waals surface area contributed by atoms with Gasteiger partial charge in [-0.1, -0.05) is 36.4 Å². The van der Waals surface area contributed by atoms with E-state index in [1.54, 1.807) is 24.7 Å². The van der Waals surface area contributed by atoms with Crippen LogP contribution in [0.5, 0.6) is 0 Å². The lowest BCUT2D eigenvalue weighted by molar-refractivity contribution is -0.383. The number of hydrazine groups is 1. The van der Waals surface area contributed by atoms with Crippen molar-refractivity contribution in [3.05, 3.63) is 83.2 Å². The van der Waals surface area contributed by atoms with Crippen LogP contribution in [0.3, 0.4) is 0 Å². The van der Waals surface area contributed by atoms with E-state index < -0.39 is 10.8 Å². The minimum atomic E-state index is -0.593. The Labute approximate surface area is 182 Å². The number of benzene rings is 2. The number of nitro groups is 1. The molecule has 11 heteroatoms. The first-order valence-electron chi connectivity index (χ1n) is 9.86. The van der Waals surface area contributed by atoms with E-state index >= 15 is 0 Å². The number of carbonyl (C=O) groups excluding carboxylic acids is 1. The molecule has 0 radical (unpaired) electrons. The number of nitrogens with zero attached hydrogens (tertiary/aromatic N) is 5. The summed E-state index contributed by atoms with van der Waals surface area (Å²) < 4.78 is 1.91. The van der Waals surface area contributed by atoms with Gasteiger partial charge in [-0.05, 0) is 23.3 Å². The highest BCUT2D eigenvalue weighted by molar-refractivity contribution is 6.07. The molecule has 0 saturated heterocycles. The topological polar surface area (TPSA) is 140 Å². The lowest BCUT2D eigenvalue weighted by Gasteiger charge is -2.12. The number of fused-ring (bicyclic) bond motifs is 1. The van der Waals surface area contributed by atoms with E-state index in [0.29, 0.717) is 25.1 Å². The molecule has 0 saturated carbocycles. The quantitative estimate of drug-likeness (QED) is 0.208. The summed E-state index contributed by atoms with van der Waals surface area (Å²) in [6.07, 6.45) is 7.13. The maximum atomic E-state index is 12.7. The first kappa shape index (κ1) is 20.7. The number of hydrogen-bond acceptors (Lipinski definition) is 8. The molecule has 0 bridgehead atoms. The third-order valence-corrected chi connectivity index (χ3v) is 4.78. The number of aryl methyl sites for hydroxylation is 1. The second kappa shape index (κ2) is 9.51. The van der Waals surface area contributed by atoms with Gasteiger partial charge in [0.15, 0.2) is 0 Å². The summed E-state index contributed by atoms with van der Waals surface area (Å²) >= 11 is 0. The summed E-state index contributed by atoms with van der Waals surface area (Å²) in [7, 11) is 0. The zero-order valence-electron chi connectivity index (χ0n) is 16.9. The molecule has 2 heterocycles. The molecule has 4 aromatic rings. The highest BCUT2D eigenvalue weighted by atomic mass is 16.6. The van der Waals surface area contributed by atoms with E-state index in [4.69, 9.17) is 0 Å². The Morgan fingerprint density at radius 1 is 1.09 bits per heavy atom. The molecule has 32 heavy (non-hydrogen) atoms. The maximum Gasteiger partial charge on any atom is 0.354 e. The average Bonchev–Trinajstić information content (AvgIpc) is 3.33. The van der Waals surface area contributed by atoms with E-state index in [2.05, 4.69) is 31.1 Å². The fourth-order valence-corrected chi connectivity index (χ4v) is 3.27. The molecule has 4 rings (SSSR count). The molecule has 162 valence electrons. The molecular weight excluding hydrogens is 412 g/mol. The summed E-state index contributed by atoms with van der Waals surface area (Å²) in [6, 6.07) is 12.8. The van der Waals surface area contributed by atoms with Crippen LogP contribution in [0.1, 0.15) is 16.8 Å². The van der Waals surface area contributed by atoms with Crippen molar-refractivity contribution >= 4 is 34.0 Å². The van der Waals surface area contributed by atoms with Crippen molar-refractivity contribution in [3.8, 4) is 0 Å². The van der Waals surface area contributed by atoms with Crippen LogP contribution in [0.25, 0.3) is 10.8 Å². The van der Waals surface area contributed by atoms with Crippen molar-refractivity contribution in [2.75, 3.05) is 17.3 Å². The maximum absolute atomic E-state index is 12.7. The molecule has 2 aromatic carbocycles. The van der Waals surface area contributed by atoms with Crippen LogP contribution in [-0.2, 0) is 6.54 Å². The molecule has 0 unspecified atom stereocenters. The molecule has 2 aromatic heterocycles. The van der Waals surface area contributed by atoms with Gasteiger partial charge in [0.05, 0.1) is 11.3 Å². The van der Waals surface area contributed by atoms with Crippen LogP contribution < -0.4 is 16.2 Å². The summed E-state index contributed by atoms with van der Waals surface area (Å²) in [5.41, 5.74) is 5.14. The predicted octanol–water partition coefficient (Wildman–Crippen LogP) is 2.99. The van der Waals surface area contributed by atoms with Crippen LogP contribution >= 0.6 is 0 Å². The number of nitrogens with one attached hydrogen (secondary N) is 3. The average molecular weight is 432 g/mol. The van der Waals surface area contributed by atoms with Gasteiger partial charge < -0.3 is 9.88 Å². The van der Waals surface area contributed by atoms with Crippen molar-refractivity contribution in [2.24, 2.45) is 0 Å². The van der Waals surface area contributed by atoms with Gasteiger partial charge in [-0.2, -0.15) is 0 Å². The predicted molar refractivity (Wildman–Crippen MR) is 119 cm³/mol. The molecule has 0 spiro atoms. The lowest BCUT2D eigenvalue weighted by atomic mass is 10.0. The number of carbonyl (C=O) groups is 1. The third kappa shape index (κ3) is 4.61. The van der Waals surface area contributed by atoms with Crippen molar-refractivity contribution in [3.63, 3.8) is 0 Å². The van der Waals surface area contributed by atoms with E-state index in [1.165, 1.54) is 6.33 Å². The largest absolute Gasteiger partial charge is 0.364 e. The van der Waals surface area contributed by atoms with Crippen molar-refractivity contribution in [1.29, 1.82) is 0 Å². The fraction of sp³-hybridized carbons (Fsp3) is 0.143. The summed E-state index contributed by atoms with van der Waals surface area (Å²) in [4.78, 5) is 35.7. The highest BCUT2D eigenvalue weighted by Crippen LogP contribution is 2.28. The van der Waals surface area contributed by atoms with Gasteiger partial charge in [-0.25, -0.2) is 15.0 Å². The second-order valence-corrected chi connectivity index (χ2v) is 6.86.